The lowest BCUT2D eigenvalue weighted by Gasteiger charge is -2.17. The molecule has 1 heterocycles. The van der Waals surface area contributed by atoms with Crippen molar-refractivity contribution in [1.82, 2.24) is 9.78 Å². The van der Waals surface area contributed by atoms with Crippen molar-refractivity contribution in [1.29, 1.82) is 0 Å². The Kier molecular flexibility index (Phi) is 4.81. The van der Waals surface area contributed by atoms with Crippen molar-refractivity contribution >= 4 is 5.69 Å². The van der Waals surface area contributed by atoms with Gasteiger partial charge in [0.05, 0.1) is 18.3 Å². The summed E-state index contributed by atoms with van der Waals surface area (Å²) in [6.07, 6.45) is -0.0363. The minimum Gasteiger partial charge on any atom is -0.471 e. The molecule has 2 N–H and O–H groups in total. The van der Waals surface area contributed by atoms with E-state index in [2.05, 4.69) is 5.10 Å². The van der Waals surface area contributed by atoms with Gasteiger partial charge in [-0.15, -0.1) is 0 Å². The smallest absolute Gasteiger partial charge is 0.236 e. The summed E-state index contributed by atoms with van der Waals surface area (Å²) >= 11 is 0. The molecule has 0 aliphatic carbocycles. The Morgan fingerprint density at radius 1 is 1.35 bits per heavy atom. The van der Waals surface area contributed by atoms with Crippen molar-refractivity contribution < 1.29 is 9.47 Å². The second kappa shape index (κ2) is 5.91. The molecule has 1 atom stereocenters. The Labute approximate surface area is 103 Å². The number of aromatic nitrogens is 2. The maximum atomic E-state index is 5.97. The van der Waals surface area contributed by atoms with Gasteiger partial charge in [0.2, 0.25) is 5.88 Å². The Morgan fingerprint density at radius 2 is 2.00 bits per heavy atom. The molecule has 98 valence electrons. The van der Waals surface area contributed by atoms with Crippen molar-refractivity contribution in [3.63, 3.8) is 0 Å². The molecule has 1 aromatic rings. The third-order valence-electron chi connectivity index (χ3n) is 2.44. The molecule has 5 nitrogen and oxygen atoms in total. The minimum absolute atomic E-state index is 0.0363. The molecule has 0 radical (unpaired) electrons. The van der Waals surface area contributed by atoms with E-state index in [1.54, 1.807) is 0 Å². The predicted molar refractivity (Wildman–Crippen MR) is 68.3 cm³/mol. The van der Waals surface area contributed by atoms with E-state index in [0.29, 0.717) is 24.8 Å². The van der Waals surface area contributed by atoms with Gasteiger partial charge < -0.3 is 15.2 Å². The monoisotopic (exact) mass is 241 g/mol. The van der Waals surface area contributed by atoms with E-state index in [9.17, 15) is 0 Å². The zero-order chi connectivity index (χ0) is 13.0. The van der Waals surface area contributed by atoms with Crippen molar-refractivity contribution in [2.75, 3.05) is 18.9 Å². The van der Waals surface area contributed by atoms with Crippen LogP contribution in [0.5, 0.6) is 5.88 Å². The number of hydrogen-bond donors (Lipinski definition) is 1. The van der Waals surface area contributed by atoms with Gasteiger partial charge in [0, 0.05) is 6.61 Å². The fourth-order valence-electron chi connectivity index (χ4n) is 1.51. The largest absolute Gasteiger partial charge is 0.471 e. The maximum Gasteiger partial charge on any atom is 0.236 e. The van der Waals surface area contributed by atoms with Gasteiger partial charge in [-0.2, -0.15) is 5.10 Å². The highest BCUT2D eigenvalue weighted by Crippen LogP contribution is 2.28. The van der Waals surface area contributed by atoms with Crippen LogP contribution in [0.4, 0.5) is 5.69 Å². The molecule has 0 amide bonds. The second-order valence-corrected chi connectivity index (χ2v) is 4.43. The quantitative estimate of drug-likeness (QED) is 0.829. The molecule has 0 bridgehead atoms. The van der Waals surface area contributed by atoms with Crippen LogP contribution in [0.15, 0.2) is 0 Å². The lowest BCUT2D eigenvalue weighted by atomic mass is 10.3. The normalized spacial score (nSPS) is 13.1. The average molecular weight is 241 g/mol. The molecule has 1 unspecified atom stereocenters. The molecule has 0 aliphatic heterocycles. The molecule has 0 aliphatic rings. The number of rotatable bonds is 6. The first-order valence-corrected chi connectivity index (χ1v) is 6.06. The van der Waals surface area contributed by atoms with Gasteiger partial charge >= 0.3 is 0 Å². The fraction of sp³-hybridized carbons (Fsp3) is 0.750. The van der Waals surface area contributed by atoms with Crippen LogP contribution in [0.1, 0.15) is 39.4 Å². The topological polar surface area (TPSA) is 62.3 Å². The number of aryl methyl sites for hydroxylation is 1. The van der Waals surface area contributed by atoms with Crippen LogP contribution in [0, 0.1) is 6.92 Å². The SMILES string of the molecule is CCOCC(C)Oc1c(N)c(C)nn1C(C)C. The van der Waals surface area contributed by atoms with Crippen LogP contribution < -0.4 is 10.5 Å². The molecule has 0 saturated carbocycles. The zero-order valence-electron chi connectivity index (χ0n) is 11.4. The molecule has 1 rings (SSSR count). The number of anilines is 1. The third-order valence-corrected chi connectivity index (χ3v) is 2.44. The minimum atomic E-state index is -0.0363. The molecule has 0 aromatic carbocycles. The molecular formula is C12H23N3O2. The number of nitrogens with zero attached hydrogens (tertiary/aromatic N) is 2. The first-order valence-electron chi connectivity index (χ1n) is 6.06. The lowest BCUT2D eigenvalue weighted by molar-refractivity contribution is 0.0602. The van der Waals surface area contributed by atoms with Crippen LogP contribution in [0.2, 0.25) is 0 Å². The number of hydrogen-bond acceptors (Lipinski definition) is 4. The predicted octanol–water partition coefficient (Wildman–Crippen LogP) is 2.16. The molecule has 1 aromatic heterocycles. The van der Waals surface area contributed by atoms with E-state index in [4.69, 9.17) is 15.2 Å². The van der Waals surface area contributed by atoms with Crippen LogP contribution in [0.25, 0.3) is 0 Å². The van der Waals surface area contributed by atoms with Crippen molar-refractivity contribution in [3.05, 3.63) is 5.69 Å². The van der Waals surface area contributed by atoms with Crippen LogP contribution >= 0.6 is 0 Å². The number of nitrogen functional groups attached to an aromatic ring is 1. The van der Waals surface area contributed by atoms with Gasteiger partial charge in [0.1, 0.15) is 11.8 Å². The molecule has 0 fully saturated rings. The van der Waals surface area contributed by atoms with E-state index < -0.39 is 0 Å². The highest BCUT2D eigenvalue weighted by atomic mass is 16.5. The second-order valence-electron chi connectivity index (χ2n) is 4.43. The number of nitrogens with two attached hydrogens (primary N) is 1. The maximum absolute atomic E-state index is 5.97. The van der Waals surface area contributed by atoms with Gasteiger partial charge in [-0.25, -0.2) is 4.68 Å². The lowest BCUT2D eigenvalue weighted by Crippen LogP contribution is -2.21. The molecular weight excluding hydrogens is 218 g/mol. The van der Waals surface area contributed by atoms with E-state index in [1.165, 1.54) is 0 Å². The first kappa shape index (κ1) is 13.8. The summed E-state index contributed by atoms with van der Waals surface area (Å²) in [6, 6.07) is 0.222. The van der Waals surface area contributed by atoms with Gasteiger partial charge in [-0.1, -0.05) is 0 Å². The van der Waals surface area contributed by atoms with Gasteiger partial charge in [0.25, 0.3) is 0 Å². The van der Waals surface area contributed by atoms with Gasteiger partial charge in [-0.05, 0) is 34.6 Å². The van der Waals surface area contributed by atoms with E-state index in [-0.39, 0.29) is 12.1 Å². The molecule has 0 spiro atoms. The highest BCUT2D eigenvalue weighted by molar-refractivity contribution is 5.52. The summed E-state index contributed by atoms with van der Waals surface area (Å²) in [4.78, 5) is 0. The number of ether oxygens (including phenoxy) is 2. The van der Waals surface area contributed by atoms with E-state index in [0.717, 1.165) is 5.69 Å². The summed E-state index contributed by atoms with van der Waals surface area (Å²) in [5.41, 5.74) is 7.39. The molecule has 17 heavy (non-hydrogen) atoms. The molecule has 0 saturated heterocycles. The Morgan fingerprint density at radius 3 is 2.53 bits per heavy atom. The summed E-state index contributed by atoms with van der Waals surface area (Å²) in [5, 5.41) is 4.37. The van der Waals surface area contributed by atoms with E-state index in [1.807, 2.05) is 39.3 Å². The standard InChI is InChI=1S/C12H23N3O2/c1-6-16-7-9(4)17-12-11(13)10(5)14-15(12)8(2)3/h8-9H,6-7,13H2,1-5H3. The van der Waals surface area contributed by atoms with Crippen LogP contribution in [0.3, 0.4) is 0 Å². The van der Waals surface area contributed by atoms with Crippen molar-refractivity contribution in [2.45, 2.75) is 46.8 Å². The zero-order valence-corrected chi connectivity index (χ0v) is 11.4. The van der Waals surface area contributed by atoms with Gasteiger partial charge in [0.15, 0.2) is 0 Å². The Bertz CT molecular complexity index is 361. The fourth-order valence-corrected chi connectivity index (χ4v) is 1.51. The summed E-state index contributed by atoms with van der Waals surface area (Å²) in [6.45, 7) is 11.1. The van der Waals surface area contributed by atoms with E-state index >= 15 is 0 Å². The summed E-state index contributed by atoms with van der Waals surface area (Å²) in [7, 11) is 0. The van der Waals surface area contributed by atoms with Crippen LogP contribution in [-0.4, -0.2) is 29.1 Å². The average Bonchev–Trinajstić information content (AvgIpc) is 2.54. The molecule has 5 heteroatoms. The van der Waals surface area contributed by atoms with Crippen LogP contribution in [-0.2, 0) is 4.74 Å². The highest BCUT2D eigenvalue weighted by Gasteiger charge is 2.18. The first-order chi connectivity index (χ1) is 7.97. The van der Waals surface area contributed by atoms with Crippen molar-refractivity contribution in [3.8, 4) is 5.88 Å². The summed E-state index contributed by atoms with van der Waals surface area (Å²) < 4.78 is 12.9. The summed E-state index contributed by atoms with van der Waals surface area (Å²) in [5.74, 6) is 0.643. The van der Waals surface area contributed by atoms with Crippen molar-refractivity contribution in [2.24, 2.45) is 0 Å². The Hall–Kier alpha value is -1.23. The Balaban J connectivity index is 2.81. The third kappa shape index (κ3) is 3.36. The van der Waals surface area contributed by atoms with Gasteiger partial charge in [-0.3, -0.25) is 0 Å².